The molecule has 0 aromatic heterocycles. The van der Waals surface area contributed by atoms with Gasteiger partial charge in [-0.2, -0.15) is 0 Å². The van der Waals surface area contributed by atoms with Crippen molar-refractivity contribution in [2.45, 2.75) is 51.4 Å². The van der Waals surface area contributed by atoms with Crippen molar-refractivity contribution in [3.63, 3.8) is 0 Å². The van der Waals surface area contributed by atoms with E-state index in [1.807, 2.05) is 0 Å². The molecule has 1 heteroatoms. The Morgan fingerprint density at radius 1 is 1.20 bits per heavy atom. The first-order valence-electron chi connectivity index (χ1n) is 6.71. The Kier molecular flexibility index (Phi) is 4.25. The van der Waals surface area contributed by atoms with Gasteiger partial charge in [-0.05, 0) is 32.2 Å². The van der Waals surface area contributed by atoms with Gasteiger partial charge in [0.1, 0.15) is 0 Å². The van der Waals surface area contributed by atoms with E-state index in [1.54, 1.807) is 5.57 Å². The maximum atomic E-state index is 2.53. The van der Waals surface area contributed by atoms with Crippen LogP contribution in [0.4, 0.5) is 0 Å². The third-order valence-electron chi connectivity index (χ3n) is 4.03. The van der Waals surface area contributed by atoms with Gasteiger partial charge in [0.05, 0.1) is 0 Å². The highest BCUT2D eigenvalue weighted by Gasteiger charge is 2.16. The predicted octanol–water partition coefficient (Wildman–Crippen LogP) is 3.61. The van der Waals surface area contributed by atoms with Gasteiger partial charge in [0.15, 0.2) is 0 Å². The fourth-order valence-corrected chi connectivity index (χ4v) is 2.98. The molecule has 15 heavy (non-hydrogen) atoms. The van der Waals surface area contributed by atoms with Crippen LogP contribution in [-0.2, 0) is 0 Å². The Labute approximate surface area is 94.5 Å². The Morgan fingerprint density at radius 3 is 2.80 bits per heavy atom. The lowest BCUT2D eigenvalue weighted by Crippen LogP contribution is -2.19. The lowest BCUT2D eigenvalue weighted by atomic mass is 9.84. The summed E-state index contributed by atoms with van der Waals surface area (Å²) in [6.45, 7) is 2.53. The number of hydrogen-bond donors (Lipinski definition) is 0. The zero-order chi connectivity index (χ0) is 10.5. The average Bonchev–Trinajstić information content (AvgIpc) is 2.46. The zero-order valence-corrected chi connectivity index (χ0v) is 10.2. The number of rotatable bonds is 2. The highest BCUT2D eigenvalue weighted by atomic mass is 15.1. The predicted molar refractivity (Wildman–Crippen MR) is 66.0 cm³/mol. The van der Waals surface area contributed by atoms with E-state index in [0.717, 1.165) is 5.92 Å². The highest BCUT2D eigenvalue weighted by molar-refractivity contribution is 5.05. The Hall–Kier alpha value is -0.300. The van der Waals surface area contributed by atoms with Crippen molar-refractivity contribution in [1.29, 1.82) is 0 Å². The first-order chi connectivity index (χ1) is 7.34. The molecule has 0 spiro atoms. The van der Waals surface area contributed by atoms with E-state index in [0.29, 0.717) is 0 Å². The van der Waals surface area contributed by atoms with Crippen LogP contribution in [0.15, 0.2) is 11.6 Å². The largest absolute Gasteiger partial charge is 0.306 e. The maximum Gasteiger partial charge on any atom is 0.00156 e. The van der Waals surface area contributed by atoms with Crippen molar-refractivity contribution < 1.29 is 0 Å². The van der Waals surface area contributed by atoms with Crippen LogP contribution in [0.5, 0.6) is 0 Å². The molecule has 0 unspecified atom stereocenters. The standard InChI is InChI=1S/C14H25N/c1-15-10-5-8-14(9-11-15)12-13-6-3-2-4-7-13/h8,13H,2-7,9-12H2,1H3. The van der Waals surface area contributed by atoms with Crippen LogP contribution < -0.4 is 0 Å². The fourth-order valence-electron chi connectivity index (χ4n) is 2.98. The van der Waals surface area contributed by atoms with Gasteiger partial charge in [-0.3, -0.25) is 0 Å². The second-order valence-corrected chi connectivity index (χ2v) is 5.41. The molecule has 0 atom stereocenters. The molecule has 1 heterocycles. The van der Waals surface area contributed by atoms with Gasteiger partial charge in [0.25, 0.3) is 0 Å². The summed E-state index contributed by atoms with van der Waals surface area (Å²) >= 11 is 0. The Balaban J connectivity index is 1.79. The molecule has 2 aliphatic rings. The SMILES string of the molecule is CN1CCC=C(CC2CCCCC2)CC1. The first-order valence-corrected chi connectivity index (χ1v) is 6.71. The lowest BCUT2D eigenvalue weighted by Gasteiger charge is -2.22. The molecular formula is C14H25N. The van der Waals surface area contributed by atoms with E-state index in [-0.39, 0.29) is 0 Å². The fraction of sp³-hybridized carbons (Fsp3) is 0.857. The third kappa shape index (κ3) is 3.64. The molecule has 1 aliphatic carbocycles. The summed E-state index contributed by atoms with van der Waals surface area (Å²) in [7, 11) is 2.25. The smallest absolute Gasteiger partial charge is 0.00156 e. The van der Waals surface area contributed by atoms with E-state index in [4.69, 9.17) is 0 Å². The van der Waals surface area contributed by atoms with Crippen molar-refractivity contribution in [1.82, 2.24) is 4.90 Å². The molecule has 86 valence electrons. The normalized spacial score (nSPS) is 26.1. The minimum atomic E-state index is 1.02. The summed E-state index contributed by atoms with van der Waals surface area (Å²) in [5, 5.41) is 0. The van der Waals surface area contributed by atoms with Crippen molar-refractivity contribution >= 4 is 0 Å². The summed E-state index contributed by atoms with van der Waals surface area (Å²) < 4.78 is 0. The van der Waals surface area contributed by atoms with Gasteiger partial charge in [0.2, 0.25) is 0 Å². The molecule has 1 aliphatic heterocycles. The van der Waals surface area contributed by atoms with E-state index in [9.17, 15) is 0 Å². The van der Waals surface area contributed by atoms with E-state index in [2.05, 4.69) is 18.0 Å². The molecule has 0 amide bonds. The summed E-state index contributed by atoms with van der Waals surface area (Å²) in [4.78, 5) is 2.46. The minimum absolute atomic E-state index is 1.02. The molecule has 1 fully saturated rings. The van der Waals surface area contributed by atoms with Crippen LogP contribution in [0.25, 0.3) is 0 Å². The molecule has 0 saturated heterocycles. The molecule has 0 aromatic carbocycles. The summed E-state index contributed by atoms with van der Waals surface area (Å²) in [5.41, 5.74) is 1.76. The number of nitrogens with zero attached hydrogens (tertiary/aromatic N) is 1. The van der Waals surface area contributed by atoms with E-state index in [1.165, 1.54) is 64.5 Å². The molecule has 0 radical (unpaired) electrons. The van der Waals surface area contributed by atoms with Crippen molar-refractivity contribution in [2.24, 2.45) is 5.92 Å². The zero-order valence-electron chi connectivity index (χ0n) is 10.2. The summed E-state index contributed by atoms with van der Waals surface area (Å²) in [5.74, 6) is 1.02. The van der Waals surface area contributed by atoms with Crippen LogP contribution >= 0.6 is 0 Å². The second-order valence-electron chi connectivity index (χ2n) is 5.41. The molecule has 1 saturated carbocycles. The quantitative estimate of drug-likeness (QED) is 0.625. The molecule has 2 rings (SSSR count). The van der Waals surface area contributed by atoms with Crippen LogP contribution in [0.1, 0.15) is 51.4 Å². The maximum absolute atomic E-state index is 2.53. The monoisotopic (exact) mass is 207 g/mol. The highest BCUT2D eigenvalue weighted by Crippen LogP contribution is 2.30. The van der Waals surface area contributed by atoms with Gasteiger partial charge in [-0.25, -0.2) is 0 Å². The van der Waals surface area contributed by atoms with Gasteiger partial charge in [-0.15, -0.1) is 0 Å². The van der Waals surface area contributed by atoms with Crippen LogP contribution in [-0.4, -0.2) is 25.0 Å². The number of hydrogen-bond acceptors (Lipinski definition) is 1. The first kappa shape index (κ1) is 11.2. The van der Waals surface area contributed by atoms with E-state index >= 15 is 0 Å². The average molecular weight is 207 g/mol. The molecule has 0 bridgehead atoms. The van der Waals surface area contributed by atoms with Crippen molar-refractivity contribution in [3.05, 3.63) is 11.6 Å². The van der Waals surface area contributed by atoms with Crippen molar-refractivity contribution in [3.8, 4) is 0 Å². The second kappa shape index (κ2) is 5.69. The van der Waals surface area contributed by atoms with E-state index < -0.39 is 0 Å². The van der Waals surface area contributed by atoms with Gasteiger partial charge in [-0.1, -0.05) is 43.8 Å². The van der Waals surface area contributed by atoms with Gasteiger partial charge < -0.3 is 4.90 Å². The third-order valence-corrected chi connectivity index (χ3v) is 4.03. The minimum Gasteiger partial charge on any atom is -0.306 e. The van der Waals surface area contributed by atoms with Gasteiger partial charge >= 0.3 is 0 Å². The molecule has 0 N–H and O–H groups in total. The van der Waals surface area contributed by atoms with Gasteiger partial charge in [0, 0.05) is 13.1 Å². The van der Waals surface area contributed by atoms with Crippen LogP contribution in [0, 0.1) is 5.92 Å². The topological polar surface area (TPSA) is 3.24 Å². The molecule has 1 nitrogen and oxygen atoms in total. The van der Waals surface area contributed by atoms with Crippen molar-refractivity contribution in [2.75, 3.05) is 20.1 Å². The van der Waals surface area contributed by atoms with Crippen LogP contribution in [0.2, 0.25) is 0 Å². The Morgan fingerprint density at radius 2 is 2.00 bits per heavy atom. The molecule has 0 aromatic rings. The molecular weight excluding hydrogens is 182 g/mol. The van der Waals surface area contributed by atoms with Crippen LogP contribution in [0.3, 0.4) is 0 Å². The summed E-state index contributed by atoms with van der Waals surface area (Å²) in [6.07, 6.45) is 14.0. The lowest BCUT2D eigenvalue weighted by molar-refractivity contribution is 0.338. The summed E-state index contributed by atoms with van der Waals surface area (Å²) in [6, 6.07) is 0. The Bertz CT molecular complexity index is 213.